The van der Waals surface area contributed by atoms with Crippen LogP contribution >= 0.6 is 34.9 Å². The number of carbonyl (C=O) groups is 1. The third-order valence-corrected chi connectivity index (χ3v) is 8.65. The van der Waals surface area contributed by atoms with Crippen LogP contribution in [0.4, 0.5) is 0 Å². The maximum absolute atomic E-state index is 12.4. The first kappa shape index (κ1) is 23.5. The number of hydrogen-bond acceptors (Lipinski definition) is 7. The summed E-state index contributed by atoms with van der Waals surface area (Å²) in [6.07, 6.45) is 1.73. The fourth-order valence-electron chi connectivity index (χ4n) is 3.66. The lowest BCUT2D eigenvalue weighted by atomic mass is 9.97. The van der Waals surface area contributed by atoms with Crippen LogP contribution in [-0.4, -0.2) is 28.1 Å². The van der Waals surface area contributed by atoms with Gasteiger partial charge in [-0.1, -0.05) is 113 Å². The van der Waals surface area contributed by atoms with Gasteiger partial charge >= 0.3 is 0 Å². The molecule has 0 atom stereocenters. The highest BCUT2D eigenvalue weighted by atomic mass is 32.2. The molecule has 0 aliphatic rings. The summed E-state index contributed by atoms with van der Waals surface area (Å²) in [5.74, 6) is 0.891. The molecule has 0 fully saturated rings. The summed E-state index contributed by atoms with van der Waals surface area (Å²) in [5.41, 5.74) is 6.14. The van der Waals surface area contributed by atoms with Crippen LogP contribution in [0.3, 0.4) is 0 Å². The van der Waals surface area contributed by atoms with Crippen molar-refractivity contribution in [2.45, 2.75) is 21.4 Å². The second kappa shape index (κ2) is 11.0. The Morgan fingerprint density at radius 2 is 1.54 bits per heavy atom. The van der Waals surface area contributed by atoms with Gasteiger partial charge in [0.15, 0.2) is 8.68 Å². The highest BCUT2D eigenvalue weighted by Crippen LogP contribution is 2.31. The molecule has 4 aromatic carbocycles. The molecule has 5 nitrogen and oxygen atoms in total. The number of amides is 1. The molecule has 1 N–H and O–H groups in total. The second-order valence-corrected chi connectivity index (χ2v) is 11.3. The Balaban J connectivity index is 1.18. The second-order valence-electron chi connectivity index (χ2n) is 7.92. The smallest absolute Gasteiger partial charge is 0.250 e. The minimum absolute atomic E-state index is 0.181. The van der Waals surface area contributed by atoms with Crippen molar-refractivity contribution in [2.75, 3.05) is 5.75 Å². The molecule has 0 bridgehead atoms. The lowest BCUT2D eigenvalue weighted by Crippen LogP contribution is -2.19. The van der Waals surface area contributed by atoms with Gasteiger partial charge in [-0.05, 0) is 40.1 Å². The monoisotopic (exact) mass is 514 g/mol. The van der Waals surface area contributed by atoms with E-state index in [1.165, 1.54) is 34.2 Å². The predicted molar refractivity (Wildman–Crippen MR) is 149 cm³/mol. The number of fused-ring (bicyclic) bond motifs is 2. The minimum Gasteiger partial charge on any atom is -0.272 e. The van der Waals surface area contributed by atoms with Crippen LogP contribution in [0.2, 0.25) is 0 Å². The van der Waals surface area contributed by atoms with E-state index in [0.717, 1.165) is 41.5 Å². The zero-order chi connectivity index (χ0) is 24.0. The van der Waals surface area contributed by atoms with Crippen LogP contribution in [0.1, 0.15) is 16.7 Å². The van der Waals surface area contributed by atoms with Crippen molar-refractivity contribution in [3.8, 4) is 0 Å². The normalized spacial score (nSPS) is 11.5. The summed E-state index contributed by atoms with van der Waals surface area (Å²) in [4.78, 5) is 12.4. The highest BCUT2D eigenvalue weighted by molar-refractivity contribution is 8.03. The fraction of sp³-hybridized carbons (Fsp3) is 0.111. The first-order chi connectivity index (χ1) is 17.2. The summed E-state index contributed by atoms with van der Waals surface area (Å²) < 4.78 is 1.67. The lowest BCUT2D eigenvalue weighted by molar-refractivity contribution is -0.118. The third kappa shape index (κ3) is 5.90. The Morgan fingerprint density at radius 1 is 0.914 bits per heavy atom. The molecule has 0 saturated carbocycles. The lowest BCUT2D eigenvalue weighted by Gasteiger charge is -2.07. The summed E-state index contributed by atoms with van der Waals surface area (Å²) in [5, 5.41) is 17.2. The molecular formula is C27H22N4OS3. The van der Waals surface area contributed by atoms with E-state index in [1.54, 1.807) is 18.0 Å². The van der Waals surface area contributed by atoms with E-state index in [4.69, 9.17) is 0 Å². The van der Waals surface area contributed by atoms with Crippen LogP contribution in [-0.2, 0) is 10.5 Å². The maximum Gasteiger partial charge on any atom is 0.250 e. The molecule has 0 aliphatic heterocycles. The molecular weight excluding hydrogens is 493 g/mol. The Labute approximate surface area is 216 Å². The van der Waals surface area contributed by atoms with Crippen LogP contribution in [0, 0.1) is 6.92 Å². The molecule has 8 heteroatoms. The highest BCUT2D eigenvalue weighted by Gasteiger charge is 2.09. The number of thioether (sulfide) groups is 2. The Morgan fingerprint density at radius 3 is 2.23 bits per heavy atom. The van der Waals surface area contributed by atoms with Crippen molar-refractivity contribution < 1.29 is 4.79 Å². The molecule has 5 rings (SSSR count). The first-order valence-electron chi connectivity index (χ1n) is 11.0. The van der Waals surface area contributed by atoms with Gasteiger partial charge < -0.3 is 0 Å². The molecule has 0 spiro atoms. The Hall–Kier alpha value is -3.20. The van der Waals surface area contributed by atoms with Crippen molar-refractivity contribution in [3.05, 3.63) is 95.6 Å². The van der Waals surface area contributed by atoms with Gasteiger partial charge in [0.05, 0.1) is 12.0 Å². The average Bonchev–Trinajstić information content (AvgIpc) is 3.34. The van der Waals surface area contributed by atoms with Gasteiger partial charge in [0.25, 0.3) is 5.91 Å². The van der Waals surface area contributed by atoms with Crippen molar-refractivity contribution in [3.63, 3.8) is 0 Å². The predicted octanol–water partition coefficient (Wildman–Crippen LogP) is 6.69. The summed E-state index contributed by atoms with van der Waals surface area (Å²) >= 11 is 4.53. The molecule has 0 unspecified atom stereocenters. The zero-order valence-electron chi connectivity index (χ0n) is 19.0. The van der Waals surface area contributed by atoms with Gasteiger partial charge in [0.2, 0.25) is 0 Å². The molecule has 174 valence electrons. The van der Waals surface area contributed by atoms with Crippen molar-refractivity contribution in [1.29, 1.82) is 0 Å². The number of hydrazone groups is 1. The SMILES string of the molecule is Cc1ccc(CSc2nnc(SCC(=O)N/N=C/c3c4ccccc4cc4ccccc34)s2)cc1. The van der Waals surface area contributed by atoms with E-state index in [1.807, 2.05) is 24.3 Å². The van der Waals surface area contributed by atoms with Crippen LogP contribution < -0.4 is 5.43 Å². The molecule has 0 saturated heterocycles. The number of benzene rings is 4. The van der Waals surface area contributed by atoms with Crippen molar-refractivity contribution >= 4 is 68.5 Å². The number of rotatable bonds is 8. The quantitative estimate of drug-likeness (QED) is 0.108. The van der Waals surface area contributed by atoms with Gasteiger partial charge in [0.1, 0.15) is 0 Å². The number of aryl methyl sites for hydroxylation is 1. The number of aromatic nitrogens is 2. The van der Waals surface area contributed by atoms with Crippen LogP contribution in [0.5, 0.6) is 0 Å². The van der Waals surface area contributed by atoms with E-state index in [9.17, 15) is 4.79 Å². The number of carbonyl (C=O) groups excluding carboxylic acids is 1. The van der Waals surface area contributed by atoms with E-state index < -0.39 is 0 Å². The number of hydrogen-bond donors (Lipinski definition) is 1. The molecule has 0 radical (unpaired) electrons. The van der Waals surface area contributed by atoms with Crippen LogP contribution in [0.15, 0.2) is 92.6 Å². The zero-order valence-corrected chi connectivity index (χ0v) is 21.4. The van der Waals surface area contributed by atoms with E-state index in [-0.39, 0.29) is 11.7 Å². The first-order valence-corrected chi connectivity index (χ1v) is 13.8. The van der Waals surface area contributed by atoms with Gasteiger partial charge in [-0.3, -0.25) is 4.79 Å². The average molecular weight is 515 g/mol. The standard InChI is InChI=1S/C27H22N4OS3/c1-18-10-12-19(13-11-18)16-33-26-30-31-27(35-26)34-17-25(32)29-28-15-24-22-8-4-2-6-20(22)14-21-7-3-5-9-23(21)24/h2-15H,16-17H2,1H3,(H,29,32)/b28-15+. The van der Waals surface area contributed by atoms with Gasteiger partial charge in [0, 0.05) is 11.3 Å². The van der Waals surface area contributed by atoms with Crippen molar-refractivity contribution in [2.24, 2.45) is 5.10 Å². The molecule has 1 amide bonds. The maximum atomic E-state index is 12.4. The van der Waals surface area contributed by atoms with E-state index >= 15 is 0 Å². The minimum atomic E-state index is -0.181. The largest absolute Gasteiger partial charge is 0.272 e. The summed E-state index contributed by atoms with van der Waals surface area (Å²) in [7, 11) is 0. The Bertz CT molecular complexity index is 1460. The van der Waals surface area contributed by atoms with Crippen molar-refractivity contribution in [1.82, 2.24) is 15.6 Å². The molecule has 1 aromatic heterocycles. The molecule has 0 aliphatic carbocycles. The Kier molecular flexibility index (Phi) is 7.42. The topological polar surface area (TPSA) is 67.2 Å². The number of nitrogens with zero attached hydrogens (tertiary/aromatic N) is 3. The third-order valence-electron chi connectivity index (χ3n) is 5.39. The van der Waals surface area contributed by atoms with Gasteiger partial charge in [-0.15, -0.1) is 10.2 Å². The van der Waals surface area contributed by atoms with Crippen LogP contribution in [0.25, 0.3) is 21.5 Å². The van der Waals surface area contributed by atoms with Gasteiger partial charge in [-0.2, -0.15) is 5.10 Å². The molecule has 5 aromatic rings. The fourth-order valence-corrected chi connectivity index (χ4v) is 6.43. The molecule has 35 heavy (non-hydrogen) atoms. The van der Waals surface area contributed by atoms with E-state index in [0.29, 0.717) is 0 Å². The van der Waals surface area contributed by atoms with E-state index in [2.05, 4.69) is 82.2 Å². The summed E-state index contributed by atoms with van der Waals surface area (Å²) in [6.45, 7) is 2.08. The summed E-state index contributed by atoms with van der Waals surface area (Å²) in [6, 6.07) is 27.1. The molecule has 1 heterocycles. The number of nitrogens with one attached hydrogen (secondary N) is 1. The van der Waals surface area contributed by atoms with Gasteiger partial charge in [-0.25, -0.2) is 5.43 Å².